The average Bonchev–Trinajstić information content (AvgIpc) is 3.53. The number of benzene rings is 1. The zero-order valence-corrected chi connectivity index (χ0v) is 17.4. The second-order valence-corrected chi connectivity index (χ2v) is 7.76. The van der Waals surface area contributed by atoms with Gasteiger partial charge < -0.3 is 19.4 Å². The molecule has 2 aliphatic rings. The summed E-state index contributed by atoms with van der Waals surface area (Å²) >= 11 is 0. The Morgan fingerprint density at radius 1 is 1.04 bits per heavy atom. The lowest BCUT2D eigenvalue weighted by molar-refractivity contribution is -0.138. The molecule has 1 aromatic carbocycles. The maximum Gasteiger partial charge on any atom is 0.226 e. The van der Waals surface area contributed by atoms with Gasteiger partial charge in [-0.15, -0.1) is 0 Å². The van der Waals surface area contributed by atoms with Crippen LogP contribution in [-0.4, -0.2) is 68.0 Å². The van der Waals surface area contributed by atoms with Crippen molar-refractivity contribution in [2.24, 2.45) is 11.8 Å². The highest BCUT2D eigenvalue weighted by molar-refractivity contribution is 5.92. The number of piperazine rings is 1. The molecule has 0 radical (unpaired) electrons. The van der Waals surface area contributed by atoms with Gasteiger partial charge in [-0.25, -0.2) is 0 Å². The highest BCUT2D eigenvalue weighted by atomic mass is 16.5. The molecule has 1 saturated carbocycles. The minimum atomic E-state index is -0.110. The monoisotopic (exact) mass is 387 g/mol. The normalized spacial score (nSPS) is 21.4. The topological polar surface area (TPSA) is 53.1 Å². The molecular formula is C22H33N3O3. The summed E-state index contributed by atoms with van der Waals surface area (Å²) in [5.74, 6) is 0.988. The van der Waals surface area contributed by atoms with Crippen LogP contribution in [0.1, 0.15) is 33.1 Å². The molecule has 6 nitrogen and oxygen atoms in total. The minimum absolute atomic E-state index is 0.0992. The number of nitrogens with zero attached hydrogens (tertiary/aromatic N) is 3. The second-order valence-electron chi connectivity index (χ2n) is 7.76. The van der Waals surface area contributed by atoms with Crippen LogP contribution in [0.5, 0.6) is 5.75 Å². The largest absolute Gasteiger partial charge is 0.495 e. The number of amides is 2. The maximum atomic E-state index is 12.9. The van der Waals surface area contributed by atoms with Gasteiger partial charge in [0.25, 0.3) is 0 Å². The van der Waals surface area contributed by atoms with Gasteiger partial charge in [0.05, 0.1) is 24.6 Å². The zero-order valence-electron chi connectivity index (χ0n) is 17.4. The Labute approximate surface area is 168 Å². The van der Waals surface area contributed by atoms with E-state index in [2.05, 4.69) is 24.8 Å². The first-order valence-electron chi connectivity index (χ1n) is 10.6. The quantitative estimate of drug-likeness (QED) is 0.688. The third kappa shape index (κ3) is 4.42. The number of ether oxygens (including phenoxy) is 1. The lowest BCUT2D eigenvalue weighted by atomic mass is 10.2. The number of anilines is 1. The number of hydrogen-bond acceptors (Lipinski definition) is 4. The Morgan fingerprint density at radius 3 is 2.29 bits per heavy atom. The van der Waals surface area contributed by atoms with Gasteiger partial charge in [-0.3, -0.25) is 9.59 Å². The predicted octanol–water partition coefficient (Wildman–Crippen LogP) is 2.63. The van der Waals surface area contributed by atoms with Crippen molar-refractivity contribution < 1.29 is 14.3 Å². The van der Waals surface area contributed by atoms with E-state index >= 15 is 0 Å². The van der Waals surface area contributed by atoms with E-state index in [1.165, 1.54) is 0 Å². The number of carbonyl (C=O) groups is 2. The highest BCUT2D eigenvalue weighted by Crippen LogP contribution is 2.42. The van der Waals surface area contributed by atoms with E-state index in [9.17, 15) is 9.59 Å². The van der Waals surface area contributed by atoms with Gasteiger partial charge in [-0.05, 0) is 31.4 Å². The molecule has 28 heavy (non-hydrogen) atoms. The Morgan fingerprint density at radius 2 is 1.68 bits per heavy atom. The third-order valence-corrected chi connectivity index (χ3v) is 5.74. The Balaban J connectivity index is 1.53. The summed E-state index contributed by atoms with van der Waals surface area (Å²) in [6.07, 6.45) is 2.64. The number of hydrogen-bond donors (Lipinski definition) is 0. The van der Waals surface area contributed by atoms with Crippen molar-refractivity contribution in [1.82, 2.24) is 9.80 Å². The molecule has 2 amide bonds. The number of methoxy groups -OCH3 is 1. The van der Waals surface area contributed by atoms with E-state index < -0.39 is 0 Å². The molecule has 2 unspecified atom stereocenters. The first-order valence-corrected chi connectivity index (χ1v) is 10.6. The van der Waals surface area contributed by atoms with E-state index in [4.69, 9.17) is 4.74 Å². The van der Waals surface area contributed by atoms with Crippen molar-refractivity contribution >= 4 is 17.5 Å². The molecule has 0 bridgehead atoms. The molecule has 2 fully saturated rings. The molecule has 1 saturated heterocycles. The molecule has 1 aliphatic carbocycles. The second kappa shape index (κ2) is 9.30. The molecule has 6 heteroatoms. The zero-order chi connectivity index (χ0) is 20.1. The van der Waals surface area contributed by atoms with Crippen LogP contribution in [0.4, 0.5) is 5.69 Å². The van der Waals surface area contributed by atoms with E-state index in [0.717, 1.165) is 50.5 Å². The van der Waals surface area contributed by atoms with Crippen LogP contribution in [0, 0.1) is 11.8 Å². The first kappa shape index (κ1) is 20.5. The highest BCUT2D eigenvalue weighted by Gasteiger charge is 2.50. The third-order valence-electron chi connectivity index (χ3n) is 5.74. The van der Waals surface area contributed by atoms with Gasteiger partial charge in [0.15, 0.2) is 0 Å². The van der Waals surface area contributed by atoms with Crippen LogP contribution < -0.4 is 9.64 Å². The van der Waals surface area contributed by atoms with Gasteiger partial charge in [-0.2, -0.15) is 0 Å². The van der Waals surface area contributed by atoms with Crippen LogP contribution >= 0.6 is 0 Å². The van der Waals surface area contributed by atoms with Crippen LogP contribution in [-0.2, 0) is 9.59 Å². The molecule has 1 aliphatic heterocycles. The fourth-order valence-corrected chi connectivity index (χ4v) is 4.14. The lowest BCUT2D eigenvalue weighted by Crippen LogP contribution is -2.49. The molecule has 0 spiro atoms. The molecule has 1 aromatic rings. The van der Waals surface area contributed by atoms with Crippen LogP contribution in [0.25, 0.3) is 0 Å². The van der Waals surface area contributed by atoms with Gasteiger partial charge in [0, 0.05) is 39.3 Å². The van der Waals surface area contributed by atoms with Gasteiger partial charge in [0.1, 0.15) is 5.75 Å². The fourth-order valence-electron chi connectivity index (χ4n) is 4.14. The van der Waals surface area contributed by atoms with Crippen molar-refractivity contribution in [3.63, 3.8) is 0 Å². The molecule has 3 rings (SSSR count). The summed E-state index contributed by atoms with van der Waals surface area (Å²) in [5.41, 5.74) is 1.08. The smallest absolute Gasteiger partial charge is 0.226 e. The molecule has 0 aromatic heterocycles. The van der Waals surface area contributed by atoms with E-state index in [1.54, 1.807) is 7.11 Å². The summed E-state index contributed by atoms with van der Waals surface area (Å²) < 4.78 is 5.46. The summed E-state index contributed by atoms with van der Waals surface area (Å²) in [6.45, 7) is 8.73. The SMILES string of the molecule is CCCN(CCC)C(=O)C1CC1C(=O)N1CCN(c2ccccc2OC)CC1. The summed E-state index contributed by atoms with van der Waals surface area (Å²) in [7, 11) is 1.68. The summed E-state index contributed by atoms with van der Waals surface area (Å²) in [4.78, 5) is 31.8. The first-order chi connectivity index (χ1) is 13.6. The summed E-state index contributed by atoms with van der Waals surface area (Å²) in [6, 6.07) is 7.99. The summed E-state index contributed by atoms with van der Waals surface area (Å²) in [5, 5.41) is 0. The number of rotatable bonds is 8. The molecule has 154 valence electrons. The Hall–Kier alpha value is -2.24. The molecular weight excluding hydrogens is 354 g/mol. The minimum Gasteiger partial charge on any atom is -0.495 e. The van der Waals surface area contributed by atoms with Gasteiger partial charge >= 0.3 is 0 Å². The van der Waals surface area contributed by atoms with Gasteiger partial charge in [-0.1, -0.05) is 26.0 Å². The van der Waals surface area contributed by atoms with Gasteiger partial charge in [0.2, 0.25) is 11.8 Å². The average molecular weight is 388 g/mol. The standard InChI is InChI=1S/C22H33N3O3/c1-4-10-24(11-5-2)21(26)17-16-18(17)22(27)25-14-12-23(13-15-25)19-8-6-7-9-20(19)28-3/h6-9,17-18H,4-5,10-16H2,1-3H3. The van der Waals surface area contributed by atoms with E-state index in [1.807, 2.05) is 28.0 Å². The number of carbonyl (C=O) groups excluding carboxylic acids is 2. The molecule has 2 atom stereocenters. The molecule has 1 heterocycles. The van der Waals surface area contributed by atoms with Crippen molar-refractivity contribution in [2.75, 3.05) is 51.3 Å². The maximum absolute atomic E-state index is 12.9. The van der Waals surface area contributed by atoms with Crippen molar-refractivity contribution in [2.45, 2.75) is 33.1 Å². The lowest BCUT2D eigenvalue weighted by Gasteiger charge is -2.36. The predicted molar refractivity (Wildman–Crippen MR) is 111 cm³/mol. The van der Waals surface area contributed by atoms with Crippen LogP contribution in [0.2, 0.25) is 0 Å². The van der Waals surface area contributed by atoms with Crippen molar-refractivity contribution in [3.05, 3.63) is 24.3 Å². The van der Waals surface area contributed by atoms with Crippen molar-refractivity contribution in [1.29, 1.82) is 0 Å². The molecule has 0 N–H and O–H groups in total. The van der Waals surface area contributed by atoms with Crippen molar-refractivity contribution in [3.8, 4) is 5.75 Å². The van der Waals surface area contributed by atoms with E-state index in [0.29, 0.717) is 19.5 Å². The van der Waals surface area contributed by atoms with E-state index in [-0.39, 0.29) is 23.7 Å². The van der Waals surface area contributed by atoms with Crippen LogP contribution in [0.15, 0.2) is 24.3 Å². The van der Waals surface area contributed by atoms with Crippen LogP contribution in [0.3, 0.4) is 0 Å². The Bertz CT molecular complexity index is 679. The fraction of sp³-hybridized carbons (Fsp3) is 0.636. The Kier molecular flexibility index (Phi) is 6.81. The number of para-hydroxylation sites is 2.